The standard InChI is InChI=1S/C22H25NO5S/c1-2-3-16-27-22(24)20(14-9-12-18-10-5-4-6-11-18)28-29(25,26)21-15-8-7-13-19(21)17-23/h4-8,10-11,13,15,20H,2-3,9,12,14,16H2,1H3/t20-/m1/s1. The summed E-state index contributed by atoms with van der Waals surface area (Å²) in [6.45, 7) is 2.17. The van der Waals surface area contributed by atoms with Crippen molar-refractivity contribution in [1.29, 1.82) is 5.26 Å². The summed E-state index contributed by atoms with van der Waals surface area (Å²) in [5, 5.41) is 9.17. The van der Waals surface area contributed by atoms with E-state index in [-0.39, 0.29) is 23.5 Å². The highest BCUT2D eigenvalue weighted by atomic mass is 32.2. The molecule has 0 aliphatic carbocycles. The summed E-state index contributed by atoms with van der Waals surface area (Å²) >= 11 is 0. The van der Waals surface area contributed by atoms with E-state index in [0.717, 1.165) is 12.0 Å². The highest BCUT2D eigenvalue weighted by Gasteiger charge is 2.30. The van der Waals surface area contributed by atoms with Crippen LogP contribution < -0.4 is 0 Å². The summed E-state index contributed by atoms with van der Waals surface area (Å²) in [7, 11) is -4.30. The van der Waals surface area contributed by atoms with Gasteiger partial charge in [0.1, 0.15) is 11.0 Å². The molecule has 154 valence electrons. The van der Waals surface area contributed by atoms with E-state index in [1.165, 1.54) is 18.2 Å². The van der Waals surface area contributed by atoms with Crippen LogP contribution in [0.2, 0.25) is 0 Å². The van der Waals surface area contributed by atoms with Crippen LogP contribution in [-0.2, 0) is 30.3 Å². The lowest BCUT2D eigenvalue weighted by atomic mass is 10.1. The number of hydrogen-bond donors (Lipinski definition) is 0. The number of unbranched alkanes of at least 4 members (excludes halogenated alkanes) is 1. The van der Waals surface area contributed by atoms with E-state index in [9.17, 15) is 18.5 Å². The van der Waals surface area contributed by atoms with Gasteiger partial charge in [0.25, 0.3) is 10.1 Å². The van der Waals surface area contributed by atoms with Gasteiger partial charge < -0.3 is 4.74 Å². The molecule has 2 aromatic rings. The maximum Gasteiger partial charge on any atom is 0.336 e. The van der Waals surface area contributed by atoms with E-state index in [1.54, 1.807) is 6.07 Å². The van der Waals surface area contributed by atoms with Gasteiger partial charge in [-0.3, -0.25) is 4.18 Å². The monoisotopic (exact) mass is 415 g/mol. The molecule has 29 heavy (non-hydrogen) atoms. The van der Waals surface area contributed by atoms with E-state index in [4.69, 9.17) is 8.92 Å². The van der Waals surface area contributed by atoms with Crippen LogP contribution in [0.15, 0.2) is 59.5 Å². The van der Waals surface area contributed by atoms with Gasteiger partial charge in [0.05, 0.1) is 12.2 Å². The molecule has 0 spiro atoms. The van der Waals surface area contributed by atoms with Crippen LogP contribution in [0.1, 0.15) is 43.7 Å². The van der Waals surface area contributed by atoms with Gasteiger partial charge in [-0.2, -0.15) is 13.7 Å². The molecule has 0 saturated carbocycles. The van der Waals surface area contributed by atoms with Gasteiger partial charge in [0.15, 0.2) is 6.10 Å². The number of nitrogens with zero attached hydrogens (tertiary/aromatic N) is 1. The lowest BCUT2D eigenvalue weighted by molar-refractivity contribution is -0.152. The van der Waals surface area contributed by atoms with Gasteiger partial charge in [-0.15, -0.1) is 0 Å². The number of aryl methyl sites for hydroxylation is 1. The molecule has 7 heteroatoms. The molecule has 2 aromatic carbocycles. The number of nitriles is 1. The smallest absolute Gasteiger partial charge is 0.336 e. The highest BCUT2D eigenvalue weighted by molar-refractivity contribution is 7.86. The van der Waals surface area contributed by atoms with E-state index in [0.29, 0.717) is 19.3 Å². The summed E-state index contributed by atoms with van der Waals surface area (Å²) in [6, 6.07) is 17.3. The first kappa shape index (κ1) is 22.6. The third-order valence-electron chi connectivity index (χ3n) is 4.30. The van der Waals surface area contributed by atoms with E-state index >= 15 is 0 Å². The van der Waals surface area contributed by atoms with Crippen molar-refractivity contribution in [3.63, 3.8) is 0 Å². The quantitative estimate of drug-likeness (QED) is 0.313. The first-order valence-corrected chi connectivity index (χ1v) is 11.0. The van der Waals surface area contributed by atoms with Crippen LogP contribution >= 0.6 is 0 Å². The topological polar surface area (TPSA) is 93.5 Å². The molecule has 0 aliphatic rings. The Bertz CT molecular complexity index is 935. The zero-order valence-electron chi connectivity index (χ0n) is 16.4. The van der Waals surface area contributed by atoms with Crippen molar-refractivity contribution in [2.45, 2.75) is 50.0 Å². The maximum absolute atomic E-state index is 12.7. The minimum Gasteiger partial charge on any atom is -0.464 e. The van der Waals surface area contributed by atoms with Crippen LogP contribution in [0.25, 0.3) is 0 Å². The molecule has 0 aromatic heterocycles. The number of rotatable bonds is 11. The summed E-state index contributed by atoms with van der Waals surface area (Å²) in [6.07, 6.45) is 1.69. The van der Waals surface area contributed by atoms with Crippen molar-refractivity contribution in [3.05, 3.63) is 65.7 Å². The molecule has 0 fully saturated rings. The van der Waals surface area contributed by atoms with Crippen molar-refractivity contribution < 1.29 is 22.1 Å². The molecule has 2 rings (SSSR count). The fraction of sp³-hybridized carbons (Fsp3) is 0.364. The average molecular weight is 416 g/mol. The van der Waals surface area contributed by atoms with Crippen molar-refractivity contribution in [1.82, 2.24) is 0 Å². The molecule has 0 unspecified atom stereocenters. The number of carbonyl (C=O) groups excluding carboxylic acids is 1. The van der Waals surface area contributed by atoms with E-state index < -0.39 is 22.2 Å². The third kappa shape index (κ3) is 7.00. The Labute approximate surface area is 172 Å². The predicted octanol–water partition coefficient (Wildman–Crippen LogP) is 4.00. The SMILES string of the molecule is CCCCOC(=O)[C@@H](CCCc1ccccc1)OS(=O)(=O)c1ccccc1C#N. The Morgan fingerprint density at radius 1 is 1.07 bits per heavy atom. The highest BCUT2D eigenvalue weighted by Crippen LogP contribution is 2.21. The van der Waals surface area contributed by atoms with Gasteiger partial charge >= 0.3 is 5.97 Å². The second kappa shape index (κ2) is 11.3. The lowest BCUT2D eigenvalue weighted by Gasteiger charge is -2.17. The van der Waals surface area contributed by atoms with Gasteiger partial charge in [-0.1, -0.05) is 55.8 Å². The summed E-state index contributed by atoms with van der Waals surface area (Å²) < 4.78 is 35.9. The first-order chi connectivity index (χ1) is 14.0. The molecule has 0 bridgehead atoms. The van der Waals surface area contributed by atoms with Gasteiger partial charge in [-0.25, -0.2) is 4.79 Å². The Morgan fingerprint density at radius 2 is 1.76 bits per heavy atom. The molecule has 0 heterocycles. The van der Waals surface area contributed by atoms with Crippen LogP contribution in [0.5, 0.6) is 0 Å². The second-order valence-electron chi connectivity index (χ2n) is 6.55. The number of benzene rings is 2. The summed E-state index contributed by atoms with van der Waals surface area (Å²) in [5.41, 5.74) is 1.05. The van der Waals surface area contributed by atoms with Crippen molar-refractivity contribution in [2.24, 2.45) is 0 Å². The van der Waals surface area contributed by atoms with E-state index in [2.05, 4.69) is 0 Å². The van der Waals surface area contributed by atoms with Crippen LogP contribution in [0.4, 0.5) is 0 Å². The van der Waals surface area contributed by atoms with Crippen molar-refractivity contribution in [3.8, 4) is 6.07 Å². The molecule has 0 amide bonds. The minimum atomic E-state index is -4.30. The first-order valence-electron chi connectivity index (χ1n) is 9.61. The molecular weight excluding hydrogens is 390 g/mol. The van der Waals surface area contributed by atoms with Crippen LogP contribution in [0.3, 0.4) is 0 Å². The number of carbonyl (C=O) groups is 1. The summed E-state index contributed by atoms with van der Waals surface area (Å²) in [5.74, 6) is -0.704. The zero-order valence-corrected chi connectivity index (χ0v) is 17.2. The largest absolute Gasteiger partial charge is 0.464 e. The molecule has 0 N–H and O–H groups in total. The lowest BCUT2D eigenvalue weighted by Crippen LogP contribution is -2.30. The average Bonchev–Trinajstić information content (AvgIpc) is 2.73. The molecule has 0 aliphatic heterocycles. The Balaban J connectivity index is 2.13. The molecule has 1 atom stereocenters. The van der Waals surface area contributed by atoms with Crippen molar-refractivity contribution in [2.75, 3.05) is 6.61 Å². The van der Waals surface area contributed by atoms with Crippen molar-refractivity contribution >= 4 is 16.1 Å². The van der Waals surface area contributed by atoms with Gasteiger partial charge in [-0.05, 0) is 43.4 Å². The molecule has 0 saturated heterocycles. The molecule has 0 radical (unpaired) electrons. The predicted molar refractivity (Wildman–Crippen MR) is 108 cm³/mol. The Morgan fingerprint density at radius 3 is 2.45 bits per heavy atom. The second-order valence-corrected chi connectivity index (χ2v) is 8.09. The molecular formula is C22H25NO5S. The molecule has 6 nitrogen and oxygen atoms in total. The van der Waals surface area contributed by atoms with Gasteiger partial charge in [0.2, 0.25) is 0 Å². The Kier molecular flexibility index (Phi) is 8.84. The van der Waals surface area contributed by atoms with Gasteiger partial charge in [0, 0.05) is 0 Å². The maximum atomic E-state index is 12.7. The minimum absolute atomic E-state index is 0.0325. The van der Waals surface area contributed by atoms with Crippen LogP contribution in [0, 0.1) is 11.3 Å². The normalized spacial score (nSPS) is 12.1. The van der Waals surface area contributed by atoms with Crippen LogP contribution in [-0.4, -0.2) is 27.1 Å². The number of ether oxygens (including phenoxy) is 1. The Hall–Kier alpha value is -2.69. The van der Waals surface area contributed by atoms with E-state index in [1.807, 2.05) is 43.3 Å². The number of hydrogen-bond acceptors (Lipinski definition) is 6. The zero-order chi connectivity index (χ0) is 21.1. The summed E-state index contributed by atoms with van der Waals surface area (Å²) in [4.78, 5) is 12.2. The number of esters is 1. The fourth-order valence-corrected chi connectivity index (χ4v) is 3.95. The fourth-order valence-electron chi connectivity index (χ4n) is 2.73. The third-order valence-corrected chi connectivity index (χ3v) is 5.68.